The van der Waals surface area contributed by atoms with E-state index < -0.39 is 6.16 Å². The summed E-state index contributed by atoms with van der Waals surface area (Å²) in [7, 11) is 0. The van der Waals surface area contributed by atoms with Crippen LogP contribution in [0.25, 0.3) is 22.6 Å². The second-order valence-corrected chi connectivity index (χ2v) is 5.70. The monoisotopic (exact) mass is 346 g/mol. The molecule has 0 aliphatic carbocycles. The number of ether oxygens (including phenoxy) is 1. The van der Waals surface area contributed by atoms with E-state index >= 15 is 0 Å². The molecule has 0 saturated heterocycles. The van der Waals surface area contributed by atoms with Crippen molar-refractivity contribution in [2.24, 2.45) is 0 Å². The first-order chi connectivity index (χ1) is 12.7. The Hall–Kier alpha value is -3.67. The standard InChI is InChI=1S/C20H14N2O4/c23-20(24)26-18-15(4-3-11-21-18)12-13-7-9-14(10-8-13)19-22-16-5-1-2-6-17(16)25-19/h1-11H,12H2,(H,23,24). The number of oxazole rings is 1. The molecular weight excluding hydrogens is 332 g/mol. The van der Waals surface area contributed by atoms with Crippen molar-refractivity contribution < 1.29 is 19.1 Å². The summed E-state index contributed by atoms with van der Waals surface area (Å²) in [5, 5.41) is 8.80. The lowest BCUT2D eigenvalue weighted by atomic mass is 10.0. The van der Waals surface area contributed by atoms with E-state index in [0.717, 1.165) is 22.2 Å². The number of carboxylic acid groups (broad SMARTS) is 1. The summed E-state index contributed by atoms with van der Waals surface area (Å²) in [5.74, 6) is 0.664. The van der Waals surface area contributed by atoms with Gasteiger partial charge < -0.3 is 14.3 Å². The number of pyridine rings is 1. The largest absolute Gasteiger partial charge is 0.512 e. The van der Waals surface area contributed by atoms with Crippen molar-refractivity contribution in [1.29, 1.82) is 0 Å². The smallest absolute Gasteiger partial charge is 0.449 e. The summed E-state index contributed by atoms with van der Waals surface area (Å²) in [6.07, 6.45) is 0.624. The van der Waals surface area contributed by atoms with E-state index in [9.17, 15) is 4.79 Å². The molecule has 0 bridgehead atoms. The number of carbonyl (C=O) groups is 1. The van der Waals surface area contributed by atoms with Crippen molar-refractivity contribution >= 4 is 17.3 Å². The van der Waals surface area contributed by atoms with Crippen LogP contribution < -0.4 is 4.74 Å². The highest BCUT2D eigenvalue weighted by Crippen LogP contribution is 2.25. The fraction of sp³-hybridized carbons (Fsp3) is 0.0500. The highest BCUT2D eigenvalue weighted by molar-refractivity contribution is 5.76. The molecule has 6 heteroatoms. The van der Waals surface area contributed by atoms with Crippen LogP contribution in [0.2, 0.25) is 0 Å². The molecule has 0 fully saturated rings. The van der Waals surface area contributed by atoms with Gasteiger partial charge in [-0.3, -0.25) is 0 Å². The quantitative estimate of drug-likeness (QED) is 0.546. The molecule has 128 valence electrons. The Bertz CT molecular complexity index is 1040. The van der Waals surface area contributed by atoms with Crippen LogP contribution in [0.1, 0.15) is 11.1 Å². The molecule has 2 aromatic carbocycles. The highest BCUT2D eigenvalue weighted by Gasteiger charge is 2.11. The predicted molar refractivity (Wildman–Crippen MR) is 95.1 cm³/mol. The van der Waals surface area contributed by atoms with Gasteiger partial charge in [-0.15, -0.1) is 0 Å². The lowest BCUT2D eigenvalue weighted by molar-refractivity contribution is 0.142. The number of hydrogen-bond acceptors (Lipinski definition) is 5. The average molecular weight is 346 g/mol. The number of para-hydroxylation sites is 2. The maximum atomic E-state index is 10.8. The fourth-order valence-corrected chi connectivity index (χ4v) is 2.71. The minimum absolute atomic E-state index is 0.100. The molecule has 0 aliphatic heterocycles. The maximum absolute atomic E-state index is 10.8. The first-order valence-electron chi connectivity index (χ1n) is 7.98. The first-order valence-corrected chi connectivity index (χ1v) is 7.98. The van der Waals surface area contributed by atoms with Gasteiger partial charge in [-0.1, -0.05) is 30.3 Å². The van der Waals surface area contributed by atoms with Crippen LogP contribution in [0.5, 0.6) is 5.88 Å². The van der Waals surface area contributed by atoms with E-state index in [1.165, 1.54) is 6.20 Å². The number of rotatable bonds is 4. The summed E-state index contributed by atoms with van der Waals surface area (Å²) in [6.45, 7) is 0. The summed E-state index contributed by atoms with van der Waals surface area (Å²) >= 11 is 0. The van der Waals surface area contributed by atoms with E-state index in [4.69, 9.17) is 14.3 Å². The van der Waals surface area contributed by atoms with Gasteiger partial charge in [0.25, 0.3) is 0 Å². The summed E-state index contributed by atoms with van der Waals surface area (Å²) in [4.78, 5) is 19.2. The average Bonchev–Trinajstić information content (AvgIpc) is 3.08. The Balaban J connectivity index is 1.58. The zero-order valence-electron chi connectivity index (χ0n) is 13.6. The van der Waals surface area contributed by atoms with Crippen LogP contribution in [-0.2, 0) is 6.42 Å². The van der Waals surface area contributed by atoms with Gasteiger partial charge in [0.05, 0.1) is 0 Å². The van der Waals surface area contributed by atoms with E-state index in [0.29, 0.717) is 17.9 Å². The van der Waals surface area contributed by atoms with Crippen LogP contribution >= 0.6 is 0 Å². The summed E-state index contributed by atoms with van der Waals surface area (Å²) < 4.78 is 10.5. The molecule has 4 aromatic rings. The molecule has 1 N–H and O–H groups in total. The number of aromatic nitrogens is 2. The number of hydrogen-bond donors (Lipinski definition) is 1. The van der Waals surface area contributed by atoms with Gasteiger partial charge in [0, 0.05) is 23.7 Å². The third-order valence-electron chi connectivity index (χ3n) is 3.92. The van der Waals surface area contributed by atoms with Gasteiger partial charge in [-0.2, -0.15) is 0 Å². The van der Waals surface area contributed by atoms with E-state index in [2.05, 4.69) is 9.97 Å². The van der Waals surface area contributed by atoms with Crippen molar-refractivity contribution in [1.82, 2.24) is 9.97 Å². The van der Waals surface area contributed by atoms with Gasteiger partial charge in [-0.25, -0.2) is 14.8 Å². The molecule has 0 spiro atoms. The lowest BCUT2D eigenvalue weighted by Crippen LogP contribution is -2.07. The minimum atomic E-state index is -1.38. The van der Waals surface area contributed by atoms with Gasteiger partial charge in [0.1, 0.15) is 5.52 Å². The van der Waals surface area contributed by atoms with Gasteiger partial charge in [-0.05, 0) is 35.9 Å². The van der Waals surface area contributed by atoms with Crippen molar-refractivity contribution in [3.05, 3.63) is 78.0 Å². The third-order valence-corrected chi connectivity index (χ3v) is 3.92. The molecule has 26 heavy (non-hydrogen) atoms. The lowest BCUT2D eigenvalue weighted by Gasteiger charge is -2.07. The van der Waals surface area contributed by atoms with Crippen LogP contribution in [0, 0.1) is 0 Å². The summed E-state index contributed by atoms with van der Waals surface area (Å²) in [5.41, 5.74) is 4.13. The highest BCUT2D eigenvalue weighted by atomic mass is 16.7. The molecule has 0 radical (unpaired) electrons. The topological polar surface area (TPSA) is 85.5 Å². The third kappa shape index (κ3) is 3.25. The van der Waals surface area contributed by atoms with E-state index in [1.807, 2.05) is 48.5 Å². The first kappa shape index (κ1) is 15.8. The molecule has 6 nitrogen and oxygen atoms in total. The normalized spacial score (nSPS) is 10.8. The number of nitrogens with zero attached hydrogens (tertiary/aromatic N) is 2. The molecule has 0 amide bonds. The fourth-order valence-electron chi connectivity index (χ4n) is 2.71. The molecular formula is C20H14N2O4. The van der Waals surface area contributed by atoms with Gasteiger partial charge >= 0.3 is 6.16 Å². The van der Waals surface area contributed by atoms with Crippen LogP contribution in [-0.4, -0.2) is 21.2 Å². The predicted octanol–water partition coefficient (Wildman–Crippen LogP) is 4.54. The van der Waals surface area contributed by atoms with E-state index in [-0.39, 0.29) is 5.88 Å². The Morgan fingerprint density at radius 1 is 1.04 bits per heavy atom. The molecule has 4 rings (SSSR count). The van der Waals surface area contributed by atoms with Crippen LogP contribution in [0.3, 0.4) is 0 Å². The molecule has 2 aromatic heterocycles. The Labute approximate surface area is 148 Å². The Morgan fingerprint density at radius 3 is 2.62 bits per heavy atom. The summed E-state index contributed by atoms with van der Waals surface area (Å²) in [6, 6.07) is 18.9. The van der Waals surface area contributed by atoms with Crippen molar-refractivity contribution in [2.75, 3.05) is 0 Å². The SMILES string of the molecule is O=C(O)Oc1ncccc1Cc1ccc(-c2nc3ccccc3o2)cc1. The molecule has 2 heterocycles. The zero-order valence-corrected chi connectivity index (χ0v) is 13.6. The Kier molecular flexibility index (Phi) is 4.07. The second kappa shape index (κ2) is 6.68. The van der Waals surface area contributed by atoms with Gasteiger partial charge in [0.2, 0.25) is 11.8 Å². The molecule has 0 saturated carbocycles. The van der Waals surface area contributed by atoms with Crippen molar-refractivity contribution in [2.45, 2.75) is 6.42 Å². The van der Waals surface area contributed by atoms with Crippen molar-refractivity contribution in [3.63, 3.8) is 0 Å². The van der Waals surface area contributed by atoms with Crippen LogP contribution in [0.15, 0.2) is 71.3 Å². The number of fused-ring (bicyclic) bond motifs is 1. The zero-order chi connectivity index (χ0) is 17.9. The Morgan fingerprint density at radius 2 is 1.85 bits per heavy atom. The number of benzene rings is 2. The van der Waals surface area contributed by atoms with Crippen molar-refractivity contribution in [3.8, 4) is 17.3 Å². The minimum Gasteiger partial charge on any atom is -0.449 e. The maximum Gasteiger partial charge on any atom is 0.512 e. The molecule has 0 aliphatic rings. The van der Waals surface area contributed by atoms with E-state index in [1.54, 1.807) is 12.1 Å². The van der Waals surface area contributed by atoms with Crippen LogP contribution in [0.4, 0.5) is 4.79 Å². The van der Waals surface area contributed by atoms with Gasteiger partial charge in [0.15, 0.2) is 5.58 Å². The second-order valence-electron chi connectivity index (χ2n) is 5.70. The molecule has 0 atom stereocenters. The molecule has 0 unspecified atom stereocenters.